The monoisotopic (exact) mass is 157 g/mol. The van der Waals surface area contributed by atoms with E-state index in [1.165, 1.54) is 0 Å². The van der Waals surface area contributed by atoms with Crippen molar-refractivity contribution in [2.75, 3.05) is 0 Å². The lowest BCUT2D eigenvalue weighted by molar-refractivity contribution is -0.114. The van der Waals surface area contributed by atoms with E-state index in [9.17, 15) is 4.79 Å². The first-order valence-electron chi connectivity index (χ1n) is 3.44. The molecule has 0 saturated heterocycles. The van der Waals surface area contributed by atoms with Crippen LogP contribution in [0, 0.1) is 0 Å². The van der Waals surface area contributed by atoms with Crippen LogP contribution in [0.4, 0.5) is 0 Å². The Morgan fingerprint density at radius 1 is 1.55 bits per heavy atom. The lowest BCUT2D eigenvalue weighted by Crippen LogP contribution is -2.49. The molecule has 11 heavy (non-hydrogen) atoms. The molecular weight excluding hydrogens is 142 g/mol. The molecule has 0 aliphatic carbocycles. The van der Waals surface area contributed by atoms with E-state index in [4.69, 9.17) is 17.2 Å². The van der Waals surface area contributed by atoms with Crippen molar-refractivity contribution in [2.45, 2.75) is 25.4 Å². The largest absolute Gasteiger partial charge is 0.366 e. The Kier molecular flexibility index (Phi) is 3.22. The Morgan fingerprint density at radius 3 is 2.27 bits per heavy atom. The maximum absolute atomic E-state index is 10.5. The molecule has 0 rings (SSSR count). The lowest BCUT2D eigenvalue weighted by atomic mass is 10.00. The van der Waals surface area contributed by atoms with Crippen LogP contribution in [0.1, 0.15) is 19.8 Å². The van der Waals surface area contributed by atoms with Crippen LogP contribution < -0.4 is 17.2 Å². The molecule has 0 aliphatic rings. The van der Waals surface area contributed by atoms with Gasteiger partial charge in [0.05, 0.1) is 5.66 Å². The van der Waals surface area contributed by atoms with Gasteiger partial charge in [-0.05, 0) is 6.42 Å². The molecule has 4 heteroatoms. The van der Waals surface area contributed by atoms with Gasteiger partial charge >= 0.3 is 0 Å². The molecular formula is C7H15N3O. The zero-order chi connectivity index (χ0) is 9.07. The van der Waals surface area contributed by atoms with Crippen LogP contribution in [0.5, 0.6) is 0 Å². The Labute approximate surface area is 66.4 Å². The van der Waals surface area contributed by atoms with Crippen molar-refractivity contribution < 1.29 is 4.79 Å². The second-order valence-electron chi connectivity index (χ2n) is 2.73. The molecule has 0 spiro atoms. The fourth-order valence-corrected chi connectivity index (χ4v) is 0.609. The molecule has 0 bridgehead atoms. The van der Waals surface area contributed by atoms with Gasteiger partial charge in [0.25, 0.3) is 0 Å². The number of carbonyl (C=O) groups excluding carboxylic acids is 1. The smallest absolute Gasteiger partial charge is 0.244 e. The minimum atomic E-state index is -0.855. The number of hydrogen-bond acceptors (Lipinski definition) is 3. The highest BCUT2D eigenvalue weighted by Crippen LogP contribution is 2.09. The van der Waals surface area contributed by atoms with Gasteiger partial charge in [-0.3, -0.25) is 4.79 Å². The molecule has 1 amide bonds. The highest BCUT2D eigenvalue weighted by atomic mass is 16.1. The minimum Gasteiger partial charge on any atom is -0.366 e. The van der Waals surface area contributed by atoms with Crippen LogP contribution >= 0.6 is 0 Å². The normalized spacial score (nSPS) is 11.2. The van der Waals surface area contributed by atoms with Gasteiger partial charge in [-0.2, -0.15) is 0 Å². The van der Waals surface area contributed by atoms with Crippen molar-refractivity contribution in [1.82, 2.24) is 0 Å². The first-order valence-corrected chi connectivity index (χ1v) is 3.44. The summed E-state index contributed by atoms with van der Waals surface area (Å²) in [7, 11) is 0. The van der Waals surface area contributed by atoms with E-state index in [0.29, 0.717) is 6.42 Å². The molecule has 0 atom stereocenters. The Morgan fingerprint density at radius 2 is 2.00 bits per heavy atom. The van der Waals surface area contributed by atoms with Crippen LogP contribution in [-0.2, 0) is 4.79 Å². The number of amides is 1. The van der Waals surface area contributed by atoms with Gasteiger partial charge in [-0.1, -0.05) is 13.5 Å². The molecule has 0 aromatic carbocycles. The Balaban J connectivity index is 4.04. The third-order valence-electron chi connectivity index (χ3n) is 1.55. The molecule has 0 unspecified atom stereocenters. The Hall–Kier alpha value is -0.870. The highest BCUT2D eigenvalue weighted by molar-refractivity contribution is 5.91. The summed E-state index contributed by atoms with van der Waals surface area (Å²) >= 11 is 0. The number of rotatable bonds is 4. The van der Waals surface area contributed by atoms with Crippen molar-refractivity contribution in [3.8, 4) is 0 Å². The van der Waals surface area contributed by atoms with Gasteiger partial charge in [0.1, 0.15) is 0 Å². The third-order valence-corrected chi connectivity index (χ3v) is 1.55. The van der Waals surface area contributed by atoms with Crippen LogP contribution in [0.2, 0.25) is 0 Å². The van der Waals surface area contributed by atoms with Crippen LogP contribution in [-0.4, -0.2) is 11.6 Å². The lowest BCUT2D eigenvalue weighted by Gasteiger charge is -2.22. The SMILES string of the molecule is C=C(CC(N)(N)CC)C(N)=O. The number of carbonyl (C=O) groups is 1. The summed E-state index contributed by atoms with van der Waals surface area (Å²) in [5, 5.41) is 0. The molecule has 0 heterocycles. The van der Waals surface area contributed by atoms with E-state index in [-0.39, 0.29) is 12.0 Å². The van der Waals surface area contributed by atoms with Crippen molar-refractivity contribution in [1.29, 1.82) is 0 Å². The molecule has 0 aliphatic heterocycles. The number of nitrogens with two attached hydrogens (primary N) is 3. The van der Waals surface area contributed by atoms with Crippen molar-refractivity contribution in [2.24, 2.45) is 17.2 Å². The molecule has 0 aromatic heterocycles. The van der Waals surface area contributed by atoms with Crippen molar-refractivity contribution >= 4 is 5.91 Å². The van der Waals surface area contributed by atoms with E-state index >= 15 is 0 Å². The van der Waals surface area contributed by atoms with E-state index in [1.54, 1.807) is 0 Å². The van der Waals surface area contributed by atoms with E-state index in [2.05, 4.69) is 6.58 Å². The molecule has 6 N–H and O–H groups in total. The summed E-state index contributed by atoms with van der Waals surface area (Å²) in [5.41, 5.74) is 15.5. The van der Waals surface area contributed by atoms with E-state index < -0.39 is 11.6 Å². The molecule has 0 fully saturated rings. The zero-order valence-corrected chi connectivity index (χ0v) is 6.76. The quantitative estimate of drug-likeness (QED) is 0.377. The maximum Gasteiger partial charge on any atom is 0.244 e. The Bertz CT molecular complexity index is 175. The van der Waals surface area contributed by atoms with E-state index in [0.717, 1.165) is 0 Å². The first-order chi connectivity index (χ1) is 4.89. The zero-order valence-electron chi connectivity index (χ0n) is 6.76. The van der Waals surface area contributed by atoms with Gasteiger partial charge in [-0.25, -0.2) is 0 Å². The van der Waals surface area contributed by atoms with Crippen molar-refractivity contribution in [3.05, 3.63) is 12.2 Å². The van der Waals surface area contributed by atoms with Crippen molar-refractivity contribution in [3.63, 3.8) is 0 Å². The molecule has 0 aromatic rings. The molecule has 0 saturated carbocycles. The predicted octanol–water partition coefficient (Wildman–Crippen LogP) is -0.558. The van der Waals surface area contributed by atoms with Gasteiger partial charge in [0.2, 0.25) is 5.91 Å². The summed E-state index contributed by atoms with van der Waals surface area (Å²) in [6, 6.07) is 0. The third kappa shape index (κ3) is 3.75. The van der Waals surface area contributed by atoms with Crippen LogP contribution in [0.15, 0.2) is 12.2 Å². The fraction of sp³-hybridized carbons (Fsp3) is 0.571. The molecule has 4 nitrogen and oxygen atoms in total. The fourth-order valence-electron chi connectivity index (χ4n) is 0.609. The van der Waals surface area contributed by atoms with Gasteiger partial charge in [-0.15, -0.1) is 0 Å². The van der Waals surface area contributed by atoms with Gasteiger partial charge in [0, 0.05) is 12.0 Å². The maximum atomic E-state index is 10.5. The summed E-state index contributed by atoms with van der Waals surface area (Å²) in [5.74, 6) is -0.543. The average Bonchev–Trinajstić information content (AvgIpc) is 1.87. The summed E-state index contributed by atoms with van der Waals surface area (Å²) in [6.07, 6.45) is 0.831. The first kappa shape index (κ1) is 10.1. The van der Waals surface area contributed by atoms with E-state index in [1.807, 2.05) is 6.92 Å². The summed E-state index contributed by atoms with van der Waals surface area (Å²) in [4.78, 5) is 10.5. The predicted molar refractivity (Wildman–Crippen MR) is 44.3 cm³/mol. The van der Waals surface area contributed by atoms with Gasteiger partial charge in [0.15, 0.2) is 0 Å². The average molecular weight is 157 g/mol. The number of primary amides is 1. The summed E-state index contributed by atoms with van der Waals surface area (Å²) < 4.78 is 0. The van der Waals surface area contributed by atoms with Crippen LogP contribution in [0.25, 0.3) is 0 Å². The topological polar surface area (TPSA) is 95.1 Å². The van der Waals surface area contributed by atoms with Gasteiger partial charge < -0.3 is 17.2 Å². The van der Waals surface area contributed by atoms with Crippen LogP contribution in [0.3, 0.4) is 0 Å². The minimum absolute atomic E-state index is 0.249. The number of hydrogen-bond donors (Lipinski definition) is 3. The molecule has 64 valence electrons. The second-order valence-corrected chi connectivity index (χ2v) is 2.73. The highest BCUT2D eigenvalue weighted by Gasteiger charge is 2.19. The standard InChI is InChI=1S/C7H15N3O/c1-3-7(9,10)4-5(2)6(8)11/h2-4,9-10H2,1H3,(H2,8,11). The summed E-state index contributed by atoms with van der Waals surface area (Å²) in [6.45, 7) is 5.29. The molecule has 0 radical (unpaired) electrons. The second kappa shape index (κ2) is 3.50.